The summed E-state index contributed by atoms with van der Waals surface area (Å²) in [5, 5.41) is 0. The van der Waals surface area contributed by atoms with Crippen molar-refractivity contribution in [3.8, 4) is 0 Å². The number of rotatable bonds is 8. The molecule has 0 aliphatic rings. The smallest absolute Gasteiger partial charge is 0.0587 e. The highest BCUT2D eigenvalue weighted by Gasteiger charge is 2.08. The molecule has 0 aromatic heterocycles. The van der Waals surface area contributed by atoms with Crippen LogP contribution in [0.15, 0.2) is 0 Å². The van der Waals surface area contributed by atoms with Crippen molar-refractivity contribution in [2.75, 3.05) is 19.7 Å². The van der Waals surface area contributed by atoms with Crippen LogP contribution in [0.5, 0.6) is 0 Å². The Morgan fingerprint density at radius 1 is 1.08 bits per heavy atom. The van der Waals surface area contributed by atoms with E-state index in [-0.39, 0.29) is 0 Å². The van der Waals surface area contributed by atoms with Gasteiger partial charge in [0.15, 0.2) is 0 Å². The van der Waals surface area contributed by atoms with Crippen LogP contribution in [-0.2, 0) is 4.74 Å². The summed E-state index contributed by atoms with van der Waals surface area (Å²) in [6, 6.07) is 0. The van der Waals surface area contributed by atoms with Crippen LogP contribution < -0.4 is 11.5 Å². The zero-order chi connectivity index (χ0) is 10.1. The molecule has 1 unspecified atom stereocenters. The quantitative estimate of drug-likeness (QED) is 0.600. The molecular weight excluding hydrogens is 164 g/mol. The van der Waals surface area contributed by atoms with Crippen LogP contribution in [0.25, 0.3) is 0 Å². The lowest BCUT2D eigenvalue weighted by Gasteiger charge is -2.18. The van der Waals surface area contributed by atoms with Crippen LogP contribution in [-0.4, -0.2) is 25.8 Å². The minimum absolute atomic E-state index is 0.316. The van der Waals surface area contributed by atoms with E-state index in [4.69, 9.17) is 16.2 Å². The number of hydrogen-bond donors (Lipinski definition) is 2. The van der Waals surface area contributed by atoms with Gasteiger partial charge in [-0.3, -0.25) is 0 Å². The predicted molar refractivity (Wildman–Crippen MR) is 56.5 cm³/mol. The Bertz CT molecular complexity index is 107. The number of nitrogens with two attached hydrogens (primary N) is 2. The van der Waals surface area contributed by atoms with Gasteiger partial charge in [-0.25, -0.2) is 0 Å². The van der Waals surface area contributed by atoms with Crippen molar-refractivity contribution < 1.29 is 4.74 Å². The second-order valence-electron chi connectivity index (χ2n) is 3.86. The van der Waals surface area contributed by atoms with E-state index >= 15 is 0 Å². The molecule has 0 bridgehead atoms. The minimum Gasteiger partial charge on any atom is -0.378 e. The van der Waals surface area contributed by atoms with E-state index in [0.717, 1.165) is 32.4 Å². The highest BCUT2D eigenvalue weighted by Crippen LogP contribution is 2.07. The second kappa shape index (κ2) is 8.48. The van der Waals surface area contributed by atoms with Gasteiger partial charge in [-0.05, 0) is 38.3 Å². The van der Waals surface area contributed by atoms with Crippen LogP contribution in [0.4, 0.5) is 0 Å². The maximum Gasteiger partial charge on any atom is 0.0587 e. The Hall–Kier alpha value is -0.120. The molecule has 0 saturated carbocycles. The molecule has 3 heteroatoms. The fraction of sp³-hybridized carbons (Fsp3) is 1.00. The summed E-state index contributed by atoms with van der Waals surface area (Å²) in [4.78, 5) is 0. The van der Waals surface area contributed by atoms with Crippen molar-refractivity contribution in [3.63, 3.8) is 0 Å². The van der Waals surface area contributed by atoms with Crippen molar-refractivity contribution in [2.45, 2.75) is 39.2 Å². The lowest BCUT2D eigenvalue weighted by atomic mass is 10.1. The first-order valence-electron chi connectivity index (χ1n) is 5.22. The Labute approximate surface area is 81.8 Å². The molecule has 0 aromatic rings. The largest absolute Gasteiger partial charge is 0.378 e. The van der Waals surface area contributed by atoms with E-state index in [0.29, 0.717) is 18.6 Å². The first-order valence-corrected chi connectivity index (χ1v) is 5.22. The predicted octanol–water partition coefficient (Wildman–Crippen LogP) is 1.12. The minimum atomic E-state index is 0.316. The molecular formula is C10H24N2O. The third-order valence-corrected chi connectivity index (χ3v) is 1.88. The van der Waals surface area contributed by atoms with Crippen molar-refractivity contribution in [1.82, 2.24) is 0 Å². The average molecular weight is 188 g/mol. The highest BCUT2D eigenvalue weighted by atomic mass is 16.5. The van der Waals surface area contributed by atoms with Gasteiger partial charge in [0.05, 0.1) is 6.10 Å². The molecule has 80 valence electrons. The van der Waals surface area contributed by atoms with Crippen molar-refractivity contribution in [3.05, 3.63) is 0 Å². The fourth-order valence-electron chi connectivity index (χ4n) is 1.17. The summed E-state index contributed by atoms with van der Waals surface area (Å²) in [7, 11) is 0. The summed E-state index contributed by atoms with van der Waals surface area (Å²) in [5.41, 5.74) is 10.9. The third-order valence-electron chi connectivity index (χ3n) is 1.88. The normalized spacial score (nSPS) is 13.6. The Kier molecular flexibility index (Phi) is 8.40. The van der Waals surface area contributed by atoms with Crippen molar-refractivity contribution in [2.24, 2.45) is 17.4 Å². The zero-order valence-electron chi connectivity index (χ0n) is 8.96. The molecule has 0 saturated heterocycles. The van der Waals surface area contributed by atoms with Gasteiger partial charge >= 0.3 is 0 Å². The van der Waals surface area contributed by atoms with Gasteiger partial charge < -0.3 is 16.2 Å². The molecule has 0 fully saturated rings. The average Bonchev–Trinajstić information content (AvgIpc) is 2.09. The maximum atomic E-state index is 5.71. The molecule has 4 N–H and O–H groups in total. The maximum absolute atomic E-state index is 5.71. The second-order valence-corrected chi connectivity index (χ2v) is 3.86. The molecule has 0 heterocycles. The van der Waals surface area contributed by atoms with Gasteiger partial charge in [0, 0.05) is 6.61 Å². The van der Waals surface area contributed by atoms with E-state index < -0.39 is 0 Å². The molecule has 0 aliphatic heterocycles. The molecule has 0 aromatic carbocycles. The van der Waals surface area contributed by atoms with Crippen LogP contribution >= 0.6 is 0 Å². The summed E-state index contributed by atoms with van der Waals surface area (Å²) in [6.07, 6.45) is 3.34. The van der Waals surface area contributed by atoms with Gasteiger partial charge in [-0.1, -0.05) is 13.8 Å². The van der Waals surface area contributed by atoms with Gasteiger partial charge in [0.2, 0.25) is 0 Å². The Morgan fingerprint density at radius 3 is 2.23 bits per heavy atom. The molecule has 0 radical (unpaired) electrons. The lowest BCUT2D eigenvalue weighted by Crippen LogP contribution is -2.21. The first kappa shape index (κ1) is 12.9. The van der Waals surface area contributed by atoms with Gasteiger partial charge in [-0.15, -0.1) is 0 Å². The lowest BCUT2D eigenvalue weighted by molar-refractivity contribution is 0.0262. The number of hydrogen-bond acceptors (Lipinski definition) is 3. The molecule has 3 nitrogen and oxygen atoms in total. The van der Waals surface area contributed by atoms with E-state index in [2.05, 4.69) is 13.8 Å². The van der Waals surface area contributed by atoms with Crippen LogP contribution in [0, 0.1) is 5.92 Å². The van der Waals surface area contributed by atoms with Gasteiger partial charge in [-0.2, -0.15) is 0 Å². The topological polar surface area (TPSA) is 61.3 Å². The van der Waals surface area contributed by atoms with Gasteiger partial charge in [0.25, 0.3) is 0 Å². The SMILES string of the molecule is CC(C)COC(CCN)CCCN. The summed E-state index contributed by atoms with van der Waals surface area (Å²) in [6.45, 7) is 6.58. The van der Waals surface area contributed by atoms with Crippen molar-refractivity contribution in [1.29, 1.82) is 0 Å². The summed E-state index contributed by atoms with van der Waals surface area (Å²) >= 11 is 0. The molecule has 1 atom stereocenters. The third kappa shape index (κ3) is 8.22. The summed E-state index contributed by atoms with van der Waals surface area (Å²) in [5.74, 6) is 0.596. The number of ether oxygens (including phenoxy) is 1. The fourth-order valence-corrected chi connectivity index (χ4v) is 1.17. The Balaban J connectivity index is 3.53. The molecule has 0 aliphatic carbocycles. The van der Waals surface area contributed by atoms with Crippen LogP contribution in [0.2, 0.25) is 0 Å². The summed E-state index contributed by atoms with van der Waals surface area (Å²) < 4.78 is 5.71. The molecule has 13 heavy (non-hydrogen) atoms. The van der Waals surface area contributed by atoms with E-state index in [1.54, 1.807) is 0 Å². The first-order chi connectivity index (χ1) is 6.20. The molecule has 0 spiro atoms. The monoisotopic (exact) mass is 188 g/mol. The van der Waals surface area contributed by atoms with E-state index in [1.165, 1.54) is 0 Å². The molecule has 0 amide bonds. The van der Waals surface area contributed by atoms with Gasteiger partial charge in [0.1, 0.15) is 0 Å². The van der Waals surface area contributed by atoms with Crippen molar-refractivity contribution >= 4 is 0 Å². The van der Waals surface area contributed by atoms with E-state index in [1.807, 2.05) is 0 Å². The zero-order valence-corrected chi connectivity index (χ0v) is 8.96. The van der Waals surface area contributed by atoms with E-state index in [9.17, 15) is 0 Å². The highest BCUT2D eigenvalue weighted by molar-refractivity contribution is 4.60. The standard InChI is InChI=1S/C10H24N2O/c1-9(2)8-13-10(5-7-12)4-3-6-11/h9-10H,3-8,11-12H2,1-2H3. The van der Waals surface area contributed by atoms with Crippen LogP contribution in [0.1, 0.15) is 33.1 Å². The Morgan fingerprint density at radius 2 is 1.77 bits per heavy atom. The van der Waals surface area contributed by atoms with Crippen LogP contribution in [0.3, 0.4) is 0 Å². The molecule has 0 rings (SSSR count).